The lowest BCUT2D eigenvalue weighted by Gasteiger charge is -2.28. The van der Waals surface area contributed by atoms with Gasteiger partial charge < -0.3 is 20.1 Å². The number of nitrogens with one attached hydrogen (secondary N) is 1. The zero-order valence-electron chi connectivity index (χ0n) is 21.9. The van der Waals surface area contributed by atoms with E-state index in [2.05, 4.69) is 21.3 Å². The number of benzene rings is 3. The molecular weight excluding hydrogens is 546 g/mol. The molecule has 1 saturated carbocycles. The minimum absolute atomic E-state index is 0.206. The van der Waals surface area contributed by atoms with Gasteiger partial charge >= 0.3 is 0 Å². The van der Waals surface area contributed by atoms with E-state index in [9.17, 15) is 14.7 Å². The highest BCUT2D eigenvalue weighted by Crippen LogP contribution is 2.34. The Hall–Kier alpha value is -3.30. The van der Waals surface area contributed by atoms with E-state index in [0.717, 1.165) is 60.1 Å². The van der Waals surface area contributed by atoms with Gasteiger partial charge in [-0.2, -0.15) is 0 Å². The van der Waals surface area contributed by atoms with E-state index in [0.29, 0.717) is 28.4 Å². The molecule has 2 atom stereocenters. The lowest BCUT2D eigenvalue weighted by Crippen LogP contribution is -2.48. The van der Waals surface area contributed by atoms with Crippen LogP contribution in [0.15, 0.2) is 66.2 Å². The van der Waals surface area contributed by atoms with Gasteiger partial charge in [-0.25, -0.2) is 4.98 Å². The van der Waals surface area contributed by atoms with Gasteiger partial charge in [0.05, 0.1) is 32.9 Å². The molecule has 9 heteroatoms. The Morgan fingerprint density at radius 1 is 1.05 bits per heavy atom. The number of fused-ring (bicyclic) bond motifs is 1. The molecule has 3 aromatic carbocycles. The van der Waals surface area contributed by atoms with E-state index in [4.69, 9.17) is 16.3 Å². The van der Waals surface area contributed by atoms with Crippen molar-refractivity contribution in [2.24, 2.45) is 0 Å². The van der Waals surface area contributed by atoms with Crippen molar-refractivity contribution in [3.8, 4) is 16.9 Å². The highest BCUT2D eigenvalue weighted by molar-refractivity contribution is 7.16. The smallest absolute Gasteiger partial charge is 0.292 e. The molecule has 1 aliphatic heterocycles. The molecule has 1 amide bonds. The zero-order chi connectivity index (χ0) is 27.6. The Labute approximate surface area is 241 Å². The van der Waals surface area contributed by atoms with Crippen LogP contribution in [0.2, 0.25) is 5.02 Å². The average molecular weight is 576 g/mol. The van der Waals surface area contributed by atoms with Crippen LogP contribution >= 0.6 is 22.9 Å². The maximum Gasteiger partial charge on any atom is 0.292 e. The number of hydrogen-bond donors (Lipinski definition) is 2. The first-order chi connectivity index (χ1) is 19.4. The minimum atomic E-state index is -1.05. The van der Waals surface area contributed by atoms with Crippen molar-refractivity contribution in [3.05, 3.63) is 82.3 Å². The number of ketones is 1. The third-order valence-corrected chi connectivity index (χ3v) is 8.57. The first-order valence-corrected chi connectivity index (χ1v) is 14.9. The fourth-order valence-electron chi connectivity index (χ4n) is 5.08. The summed E-state index contributed by atoms with van der Waals surface area (Å²) in [6, 6.07) is 17.6. The van der Waals surface area contributed by atoms with Gasteiger partial charge in [-0.15, -0.1) is 11.3 Å². The maximum atomic E-state index is 13.1. The van der Waals surface area contributed by atoms with Crippen LogP contribution in [-0.4, -0.2) is 58.5 Å². The van der Waals surface area contributed by atoms with Crippen LogP contribution in [-0.2, 0) is 4.79 Å². The molecule has 6 rings (SSSR count). The Balaban J connectivity index is 1.16. The normalized spacial score (nSPS) is 17.1. The number of likely N-dealkylation sites (tertiary alicyclic amines) is 1. The molecule has 7 nitrogen and oxygen atoms in total. The van der Waals surface area contributed by atoms with Crippen molar-refractivity contribution in [2.75, 3.05) is 19.6 Å². The summed E-state index contributed by atoms with van der Waals surface area (Å²) in [5, 5.41) is 14.6. The van der Waals surface area contributed by atoms with Crippen LogP contribution in [0.5, 0.6) is 5.75 Å². The number of thiazole rings is 1. The molecule has 1 saturated heterocycles. The largest absolute Gasteiger partial charge is 0.489 e. The van der Waals surface area contributed by atoms with E-state index < -0.39 is 23.8 Å². The third-order valence-electron chi connectivity index (χ3n) is 7.48. The molecule has 0 bridgehead atoms. The number of hydrogen-bond acceptors (Lipinski definition) is 7. The van der Waals surface area contributed by atoms with Crippen molar-refractivity contribution < 1.29 is 19.4 Å². The van der Waals surface area contributed by atoms with Gasteiger partial charge in [-0.05, 0) is 79.7 Å². The van der Waals surface area contributed by atoms with Crippen molar-refractivity contribution in [1.29, 1.82) is 0 Å². The Kier molecular flexibility index (Phi) is 7.85. The molecule has 0 radical (unpaired) electrons. The van der Waals surface area contributed by atoms with E-state index in [1.165, 1.54) is 0 Å². The fourth-order valence-corrected chi connectivity index (χ4v) is 6.03. The number of halogens is 1. The van der Waals surface area contributed by atoms with E-state index in [1.54, 1.807) is 41.7 Å². The topological polar surface area (TPSA) is 91.8 Å². The van der Waals surface area contributed by atoms with Gasteiger partial charge in [0.15, 0.2) is 0 Å². The average Bonchev–Trinajstić information content (AvgIpc) is 3.41. The molecule has 2 heterocycles. The summed E-state index contributed by atoms with van der Waals surface area (Å²) in [5.74, 6) is -0.804. The van der Waals surface area contributed by atoms with Gasteiger partial charge in [0.25, 0.3) is 5.91 Å². The van der Waals surface area contributed by atoms with Crippen LogP contribution in [0, 0.1) is 0 Å². The first kappa shape index (κ1) is 26.9. The molecule has 0 unspecified atom stereocenters. The number of aromatic nitrogens is 1. The molecule has 40 heavy (non-hydrogen) atoms. The van der Waals surface area contributed by atoms with Crippen molar-refractivity contribution in [1.82, 2.24) is 15.2 Å². The lowest BCUT2D eigenvalue weighted by atomic mass is 10.00. The van der Waals surface area contributed by atoms with Crippen LogP contribution in [0.3, 0.4) is 0 Å². The molecule has 1 aromatic heterocycles. The van der Waals surface area contributed by atoms with E-state index in [1.807, 2.05) is 29.8 Å². The summed E-state index contributed by atoms with van der Waals surface area (Å²) in [5.41, 5.74) is 5.58. The molecule has 206 valence electrons. The maximum absolute atomic E-state index is 13.1. The Morgan fingerprint density at radius 2 is 1.80 bits per heavy atom. The Morgan fingerprint density at radius 3 is 2.52 bits per heavy atom. The number of aliphatic hydroxyl groups excluding tert-OH is 1. The second-order valence-corrected chi connectivity index (χ2v) is 11.8. The number of nitrogens with zero attached hydrogens (tertiary/aromatic N) is 2. The molecule has 2 fully saturated rings. The second kappa shape index (κ2) is 11.7. The molecule has 1 aliphatic carbocycles. The molecule has 0 spiro atoms. The number of carbonyl (C=O) groups is 2. The number of Topliss-reactive ketones (excluding diaryl/α,β-unsaturated/α-hetero) is 1. The summed E-state index contributed by atoms with van der Waals surface area (Å²) >= 11 is 8.02. The van der Waals surface area contributed by atoms with Gasteiger partial charge in [-0.1, -0.05) is 48.0 Å². The third kappa shape index (κ3) is 6.05. The van der Waals surface area contributed by atoms with E-state index >= 15 is 0 Å². The number of rotatable bonds is 10. The number of aliphatic hydroxyl groups is 1. The summed E-state index contributed by atoms with van der Waals surface area (Å²) < 4.78 is 6.91. The predicted molar refractivity (Wildman–Crippen MR) is 157 cm³/mol. The molecule has 2 aliphatic rings. The predicted octanol–water partition coefficient (Wildman–Crippen LogP) is 5.65. The second-order valence-electron chi connectivity index (χ2n) is 10.5. The molecule has 2 N–H and O–H groups in total. The highest BCUT2D eigenvalue weighted by Gasteiger charge is 2.30. The Bertz CT molecular complexity index is 1530. The fraction of sp³-hybridized carbons (Fsp3) is 0.323. The monoisotopic (exact) mass is 575 g/mol. The van der Waals surface area contributed by atoms with Gasteiger partial charge in [0.1, 0.15) is 11.9 Å². The molecule has 4 aromatic rings. The SMILES string of the molecule is O=C(N[C@H](CN1CCCC1)[C@H](O)c1ccc(OC2CC2)c(Cl)c1)C(=O)c1ccc(-c2ccc3ncsc3c2)cc1. The number of amides is 1. The summed E-state index contributed by atoms with van der Waals surface area (Å²) in [6.07, 6.45) is 3.33. The van der Waals surface area contributed by atoms with Gasteiger partial charge in [0.2, 0.25) is 5.78 Å². The number of carbonyl (C=O) groups excluding carboxylic acids is 2. The van der Waals surface area contributed by atoms with Gasteiger partial charge in [0, 0.05) is 12.1 Å². The van der Waals surface area contributed by atoms with Crippen LogP contribution in [0.25, 0.3) is 21.3 Å². The van der Waals surface area contributed by atoms with Crippen molar-refractivity contribution in [2.45, 2.75) is 43.9 Å². The van der Waals surface area contributed by atoms with Crippen molar-refractivity contribution in [3.63, 3.8) is 0 Å². The lowest BCUT2D eigenvalue weighted by molar-refractivity contribution is -0.118. The minimum Gasteiger partial charge on any atom is -0.489 e. The molecular formula is C31H30ClN3O4S. The summed E-state index contributed by atoms with van der Waals surface area (Å²) in [4.78, 5) is 32.8. The first-order valence-electron chi connectivity index (χ1n) is 13.6. The van der Waals surface area contributed by atoms with Crippen molar-refractivity contribution >= 4 is 44.8 Å². The van der Waals surface area contributed by atoms with Crippen LogP contribution < -0.4 is 10.1 Å². The summed E-state index contributed by atoms with van der Waals surface area (Å²) in [7, 11) is 0. The van der Waals surface area contributed by atoms with E-state index in [-0.39, 0.29) is 6.10 Å². The standard InChI is InChI=1S/C31H30ClN3O4S/c32-24-15-22(8-12-27(24)39-23-9-10-23)29(36)26(17-35-13-1-2-14-35)34-31(38)30(37)20-5-3-19(4-6-20)21-7-11-25-28(16-21)40-18-33-25/h3-8,11-12,15-16,18,23,26,29,36H,1-2,9-10,13-14,17H2,(H,34,38)/t26-,29-/m1/s1. The van der Waals surface area contributed by atoms with Crippen LogP contribution in [0.4, 0.5) is 0 Å². The highest BCUT2D eigenvalue weighted by atomic mass is 35.5. The quantitative estimate of drug-likeness (QED) is 0.187. The number of ether oxygens (including phenoxy) is 1. The zero-order valence-corrected chi connectivity index (χ0v) is 23.5. The summed E-state index contributed by atoms with van der Waals surface area (Å²) in [6.45, 7) is 2.20. The van der Waals surface area contributed by atoms with Crippen LogP contribution in [0.1, 0.15) is 47.7 Å². The van der Waals surface area contributed by atoms with Gasteiger partial charge in [-0.3, -0.25) is 9.59 Å².